The first kappa shape index (κ1) is 13.6. The van der Waals surface area contributed by atoms with Gasteiger partial charge in [0.05, 0.1) is 11.4 Å². The molecular weight excluding hydrogens is 227 g/mol. The van der Waals surface area contributed by atoms with Crippen LogP contribution in [0.15, 0.2) is 10.3 Å². The molecule has 0 fully saturated rings. The topological polar surface area (TPSA) is 60.2 Å². The van der Waals surface area contributed by atoms with Gasteiger partial charge >= 0.3 is 5.97 Å². The molecule has 1 atom stereocenters. The molecule has 1 heterocycles. The maximum atomic E-state index is 12.1. The van der Waals surface area contributed by atoms with Gasteiger partial charge in [-0.1, -0.05) is 23.7 Å². The molecule has 0 bridgehead atoms. The van der Waals surface area contributed by atoms with Crippen molar-refractivity contribution < 1.29 is 18.9 Å². The van der Waals surface area contributed by atoms with Crippen LogP contribution in [0.3, 0.4) is 0 Å². The molecule has 1 rings (SSSR count). The number of hydrogen-bond acceptors (Lipinski definition) is 5. The number of halogens is 1. The van der Waals surface area contributed by atoms with Gasteiger partial charge in [0.2, 0.25) is 5.60 Å². The molecule has 1 unspecified atom stereocenters. The van der Waals surface area contributed by atoms with E-state index in [2.05, 4.69) is 15.1 Å². The van der Waals surface area contributed by atoms with Crippen LogP contribution in [-0.4, -0.2) is 29.7 Å². The van der Waals surface area contributed by atoms with E-state index < -0.39 is 18.2 Å². The van der Waals surface area contributed by atoms with Crippen LogP contribution >= 0.6 is 0 Å². The van der Waals surface area contributed by atoms with Gasteiger partial charge in [0.15, 0.2) is 0 Å². The van der Waals surface area contributed by atoms with Crippen molar-refractivity contribution >= 4 is 17.4 Å². The molecule has 0 aromatic carbocycles. The van der Waals surface area contributed by atoms with Crippen LogP contribution in [0.5, 0.6) is 0 Å². The lowest BCUT2D eigenvalue weighted by Gasteiger charge is -2.16. The predicted molar refractivity (Wildman–Crippen MR) is 61.6 cm³/mol. The molecule has 17 heavy (non-hydrogen) atoms. The van der Waals surface area contributed by atoms with Gasteiger partial charge < -0.3 is 9.68 Å². The average molecular weight is 244 g/mol. The molecular formula is C11H17FN2O3. The van der Waals surface area contributed by atoms with E-state index in [-0.39, 0.29) is 5.71 Å². The smallest absolute Gasteiger partial charge is 0.377 e. The number of carbonyl (C=O) groups excluding carboxylic acids is 1. The minimum Gasteiger partial charge on any atom is -0.377 e. The average Bonchev–Trinajstić information content (AvgIpc) is 2.69. The number of carbonyl (C=O) groups is 1. The van der Waals surface area contributed by atoms with Crippen LogP contribution in [0, 0.1) is 0 Å². The maximum Gasteiger partial charge on any atom is 0.381 e. The van der Waals surface area contributed by atoms with Gasteiger partial charge in [-0.25, -0.2) is 9.18 Å². The Kier molecular flexibility index (Phi) is 4.60. The summed E-state index contributed by atoms with van der Waals surface area (Å²) in [5.74, 6) is -0.653. The summed E-state index contributed by atoms with van der Waals surface area (Å²) in [6.07, 6.45) is 2.12. The SMILES string of the molecule is CCCC1=NOC(C)(C(=O)O/N=C(\C)CF)C1. The molecule has 0 saturated heterocycles. The zero-order valence-electron chi connectivity index (χ0n) is 10.3. The van der Waals surface area contributed by atoms with Crippen LogP contribution in [0.25, 0.3) is 0 Å². The fraction of sp³-hybridized carbons (Fsp3) is 0.727. The third-order valence-corrected chi connectivity index (χ3v) is 2.37. The molecule has 0 aromatic heterocycles. The van der Waals surface area contributed by atoms with Gasteiger partial charge in [0.25, 0.3) is 0 Å². The number of nitrogens with zero attached hydrogens (tertiary/aromatic N) is 2. The highest BCUT2D eigenvalue weighted by molar-refractivity contribution is 5.93. The third-order valence-electron chi connectivity index (χ3n) is 2.37. The first-order chi connectivity index (χ1) is 8.01. The summed E-state index contributed by atoms with van der Waals surface area (Å²) in [6.45, 7) is 4.29. The van der Waals surface area contributed by atoms with Crippen molar-refractivity contribution in [1.29, 1.82) is 0 Å². The van der Waals surface area contributed by atoms with E-state index in [0.717, 1.165) is 18.6 Å². The van der Waals surface area contributed by atoms with Crippen LogP contribution < -0.4 is 0 Å². The van der Waals surface area contributed by atoms with Gasteiger partial charge in [0, 0.05) is 6.42 Å². The first-order valence-corrected chi connectivity index (χ1v) is 5.56. The lowest BCUT2D eigenvalue weighted by atomic mass is 9.98. The minimum atomic E-state index is -1.13. The van der Waals surface area contributed by atoms with E-state index in [1.54, 1.807) is 6.92 Å². The summed E-state index contributed by atoms with van der Waals surface area (Å²) in [7, 11) is 0. The molecule has 0 aromatic rings. The molecule has 0 N–H and O–H groups in total. The molecule has 5 nitrogen and oxygen atoms in total. The van der Waals surface area contributed by atoms with Gasteiger partial charge in [-0.3, -0.25) is 0 Å². The second kappa shape index (κ2) is 5.75. The summed E-state index contributed by atoms with van der Waals surface area (Å²) >= 11 is 0. The standard InChI is InChI=1S/C11H17FN2O3/c1-4-5-9-6-11(3,17-14-9)10(15)16-13-8(2)7-12/h4-7H2,1-3H3/b13-8+. The second-order valence-corrected chi connectivity index (χ2v) is 4.25. The summed E-state index contributed by atoms with van der Waals surface area (Å²) in [5.41, 5.74) is -0.197. The van der Waals surface area contributed by atoms with Crippen molar-refractivity contribution in [1.82, 2.24) is 0 Å². The molecule has 0 aliphatic carbocycles. The van der Waals surface area contributed by atoms with Crippen LogP contribution in [-0.2, 0) is 14.5 Å². The number of hydrogen-bond donors (Lipinski definition) is 0. The van der Waals surface area contributed by atoms with Crippen molar-refractivity contribution in [2.24, 2.45) is 10.3 Å². The normalized spacial score (nSPS) is 24.2. The van der Waals surface area contributed by atoms with Crippen LogP contribution in [0.2, 0.25) is 0 Å². The zero-order valence-corrected chi connectivity index (χ0v) is 10.3. The van der Waals surface area contributed by atoms with Crippen molar-refractivity contribution in [3.8, 4) is 0 Å². The van der Waals surface area contributed by atoms with Crippen LogP contribution in [0.4, 0.5) is 4.39 Å². The van der Waals surface area contributed by atoms with Gasteiger partial charge in [0.1, 0.15) is 6.67 Å². The quantitative estimate of drug-likeness (QED) is 0.423. The van der Waals surface area contributed by atoms with E-state index in [4.69, 9.17) is 4.84 Å². The number of rotatable bonds is 5. The molecule has 0 saturated carbocycles. The fourth-order valence-electron chi connectivity index (χ4n) is 1.39. The highest BCUT2D eigenvalue weighted by Gasteiger charge is 2.43. The van der Waals surface area contributed by atoms with Crippen LogP contribution in [0.1, 0.15) is 40.0 Å². The van der Waals surface area contributed by atoms with E-state index in [1.165, 1.54) is 6.92 Å². The van der Waals surface area contributed by atoms with Gasteiger partial charge in [-0.2, -0.15) is 0 Å². The molecule has 0 amide bonds. The molecule has 6 heteroatoms. The van der Waals surface area contributed by atoms with E-state index in [1.807, 2.05) is 6.92 Å². The Morgan fingerprint density at radius 2 is 2.41 bits per heavy atom. The fourth-order valence-corrected chi connectivity index (χ4v) is 1.39. The first-order valence-electron chi connectivity index (χ1n) is 5.56. The minimum absolute atomic E-state index is 0.106. The Bertz CT molecular complexity index is 355. The Hall–Kier alpha value is -1.46. The van der Waals surface area contributed by atoms with Crippen molar-refractivity contribution in [3.63, 3.8) is 0 Å². The predicted octanol–water partition coefficient (Wildman–Crippen LogP) is 2.21. The Labute approximate surface area is 99.6 Å². The van der Waals surface area contributed by atoms with Crippen molar-refractivity contribution in [3.05, 3.63) is 0 Å². The van der Waals surface area contributed by atoms with Crippen molar-refractivity contribution in [2.45, 2.75) is 45.6 Å². The highest BCUT2D eigenvalue weighted by atomic mass is 19.1. The van der Waals surface area contributed by atoms with E-state index in [9.17, 15) is 9.18 Å². The lowest BCUT2D eigenvalue weighted by Crippen LogP contribution is -2.36. The Morgan fingerprint density at radius 1 is 1.71 bits per heavy atom. The molecule has 1 aliphatic rings. The van der Waals surface area contributed by atoms with Crippen molar-refractivity contribution in [2.75, 3.05) is 6.67 Å². The monoisotopic (exact) mass is 244 g/mol. The summed E-state index contributed by atoms with van der Waals surface area (Å²) in [6, 6.07) is 0. The zero-order chi connectivity index (χ0) is 12.9. The largest absolute Gasteiger partial charge is 0.381 e. The number of oxime groups is 2. The highest BCUT2D eigenvalue weighted by Crippen LogP contribution is 2.26. The van der Waals surface area contributed by atoms with E-state index >= 15 is 0 Å². The maximum absolute atomic E-state index is 12.1. The van der Waals surface area contributed by atoms with E-state index in [0.29, 0.717) is 6.42 Å². The molecule has 96 valence electrons. The summed E-state index contributed by atoms with van der Waals surface area (Å²) in [5, 5.41) is 7.20. The lowest BCUT2D eigenvalue weighted by molar-refractivity contribution is -0.167. The summed E-state index contributed by atoms with van der Waals surface area (Å²) < 4.78 is 12.1. The Morgan fingerprint density at radius 3 is 3.00 bits per heavy atom. The van der Waals surface area contributed by atoms with Gasteiger partial charge in [-0.05, 0) is 20.3 Å². The second-order valence-electron chi connectivity index (χ2n) is 4.25. The Balaban J connectivity index is 2.54. The molecule has 0 radical (unpaired) electrons. The third kappa shape index (κ3) is 3.51. The molecule has 0 spiro atoms. The van der Waals surface area contributed by atoms with Gasteiger partial charge in [-0.15, -0.1) is 0 Å². The molecule has 1 aliphatic heterocycles. The number of alkyl halides is 1. The summed E-state index contributed by atoms with van der Waals surface area (Å²) in [4.78, 5) is 21.4.